The zero-order chi connectivity index (χ0) is 22.1. The Balaban J connectivity index is 2.06. The van der Waals surface area contributed by atoms with Gasteiger partial charge in [0.1, 0.15) is 0 Å². The molecular weight excluding hydrogens is 440 g/mol. The summed E-state index contributed by atoms with van der Waals surface area (Å²) in [5, 5.41) is 19.7. The minimum Gasteiger partial charge on any atom is -0.478 e. The minimum absolute atomic E-state index is 0.104. The maximum absolute atomic E-state index is 14.6. The van der Waals surface area contributed by atoms with Gasteiger partial charge < -0.3 is 10.2 Å². The van der Waals surface area contributed by atoms with Crippen molar-refractivity contribution < 1.29 is 32.2 Å². The highest BCUT2D eigenvalue weighted by atomic mass is 35.5. The van der Waals surface area contributed by atoms with Crippen LogP contribution in [0.3, 0.4) is 0 Å². The summed E-state index contributed by atoms with van der Waals surface area (Å²) in [6.07, 6.45) is 1.16. The number of carboxylic acid groups (broad SMARTS) is 1. The second-order valence-corrected chi connectivity index (χ2v) is 9.46. The summed E-state index contributed by atoms with van der Waals surface area (Å²) < 4.78 is 56.3. The van der Waals surface area contributed by atoms with Crippen LogP contribution in [0, 0.1) is 11.6 Å². The molecule has 1 aliphatic rings. The third-order valence-electron chi connectivity index (χ3n) is 5.20. The second kappa shape index (κ2) is 8.97. The number of aromatic carboxylic acids is 1. The van der Waals surface area contributed by atoms with Gasteiger partial charge in [-0.15, -0.1) is 0 Å². The lowest BCUT2D eigenvalue weighted by Gasteiger charge is -2.37. The van der Waals surface area contributed by atoms with Crippen LogP contribution in [-0.2, 0) is 16.6 Å². The van der Waals surface area contributed by atoms with Gasteiger partial charge in [0.05, 0.1) is 22.6 Å². The Kier molecular flexibility index (Phi) is 6.76. The van der Waals surface area contributed by atoms with Crippen molar-refractivity contribution in [2.45, 2.75) is 49.3 Å². The lowest BCUT2D eigenvalue weighted by Crippen LogP contribution is -2.48. The highest BCUT2D eigenvalue weighted by Crippen LogP contribution is 2.31. The van der Waals surface area contributed by atoms with Gasteiger partial charge in [0.2, 0.25) is 10.0 Å². The fourth-order valence-corrected chi connectivity index (χ4v) is 5.38. The topological polar surface area (TPSA) is 94.9 Å². The number of hydrogen-bond acceptors (Lipinski definition) is 4. The van der Waals surface area contributed by atoms with Crippen LogP contribution in [0.4, 0.5) is 8.78 Å². The molecule has 0 saturated heterocycles. The maximum atomic E-state index is 14.6. The van der Waals surface area contributed by atoms with Crippen LogP contribution in [0.5, 0.6) is 0 Å². The van der Waals surface area contributed by atoms with E-state index in [1.165, 1.54) is 24.3 Å². The smallest absolute Gasteiger partial charge is 0.338 e. The van der Waals surface area contributed by atoms with E-state index >= 15 is 0 Å². The zero-order valence-electron chi connectivity index (χ0n) is 15.8. The van der Waals surface area contributed by atoms with Crippen molar-refractivity contribution in [1.82, 2.24) is 4.31 Å². The van der Waals surface area contributed by atoms with E-state index in [2.05, 4.69) is 0 Å². The first-order valence-corrected chi connectivity index (χ1v) is 11.1. The molecule has 2 unspecified atom stereocenters. The molecule has 1 fully saturated rings. The van der Waals surface area contributed by atoms with E-state index < -0.39 is 51.9 Å². The van der Waals surface area contributed by atoms with E-state index in [1.54, 1.807) is 0 Å². The van der Waals surface area contributed by atoms with Crippen molar-refractivity contribution in [3.8, 4) is 0 Å². The highest BCUT2D eigenvalue weighted by Gasteiger charge is 2.38. The first-order valence-electron chi connectivity index (χ1n) is 9.28. The van der Waals surface area contributed by atoms with E-state index in [-0.39, 0.29) is 10.5 Å². The number of sulfonamides is 1. The average molecular weight is 460 g/mol. The Hall–Kier alpha value is -2.07. The van der Waals surface area contributed by atoms with E-state index in [1.807, 2.05) is 0 Å². The summed E-state index contributed by atoms with van der Waals surface area (Å²) in [5.74, 6) is -4.63. The number of aliphatic hydroxyl groups excluding tert-OH is 1. The molecular formula is C20H20ClF2NO5S. The van der Waals surface area contributed by atoms with E-state index in [0.717, 1.165) is 22.9 Å². The Morgan fingerprint density at radius 3 is 2.30 bits per heavy atom. The third kappa shape index (κ3) is 4.49. The molecule has 0 aliphatic heterocycles. The minimum atomic E-state index is -4.20. The summed E-state index contributed by atoms with van der Waals surface area (Å²) in [7, 11) is -4.20. The molecule has 3 rings (SSSR count). The van der Waals surface area contributed by atoms with Crippen LogP contribution < -0.4 is 0 Å². The van der Waals surface area contributed by atoms with Crippen LogP contribution in [0.2, 0.25) is 5.02 Å². The summed E-state index contributed by atoms with van der Waals surface area (Å²) in [6.45, 7) is -0.560. The first-order chi connectivity index (χ1) is 14.1. The van der Waals surface area contributed by atoms with Crippen LogP contribution in [0.15, 0.2) is 41.3 Å². The Labute approximate surface area is 177 Å². The number of carboxylic acids is 1. The fraction of sp³-hybridized carbons (Fsp3) is 0.350. The maximum Gasteiger partial charge on any atom is 0.338 e. The van der Waals surface area contributed by atoms with Crippen molar-refractivity contribution in [1.29, 1.82) is 0 Å². The number of benzene rings is 2. The molecule has 0 radical (unpaired) electrons. The van der Waals surface area contributed by atoms with Gasteiger partial charge in [-0.3, -0.25) is 0 Å². The SMILES string of the molecule is O=C(O)c1ccc(CN(C2CCCCC2O)S(=O)(=O)c2ccc(Cl)cc2)c(F)c1F. The predicted molar refractivity (Wildman–Crippen MR) is 106 cm³/mol. The van der Waals surface area contributed by atoms with E-state index in [4.69, 9.17) is 16.7 Å². The molecule has 2 N–H and O–H groups in total. The summed E-state index contributed by atoms with van der Waals surface area (Å²) >= 11 is 5.83. The zero-order valence-corrected chi connectivity index (χ0v) is 17.3. The highest BCUT2D eigenvalue weighted by molar-refractivity contribution is 7.89. The normalized spacial score (nSPS) is 19.8. The first kappa shape index (κ1) is 22.6. The molecule has 162 valence electrons. The van der Waals surface area contributed by atoms with Crippen LogP contribution in [-0.4, -0.2) is 41.1 Å². The van der Waals surface area contributed by atoms with Gasteiger partial charge in [0.25, 0.3) is 0 Å². The van der Waals surface area contributed by atoms with Crippen LogP contribution in [0.1, 0.15) is 41.6 Å². The molecule has 2 atom stereocenters. The van der Waals surface area contributed by atoms with Gasteiger partial charge in [0, 0.05) is 17.1 Å². The van der Waals surface area contributed by atoms with Gasteiger partial charge in [-0.25, -0.2) is 22.0 Å². The Morgan fingerprint density at radius 1 is 1.07 bits per heavy atom. The van der Waals surface area contributed by atoms with Crippen molar-refractivity contribution in [3.05, 3.63) is 64.2 Å². The average Bonchev–Trinajstić information content (AvgIpc) is 2.70. The monoisotopic (exact) mass is 459 g/mol. The number of hydrogen-bond donors (Lipinski definition) is 2. The molecule has 0 spiro atoms. The number of carbonyl (C=O) groups is 1. The van der Waals surface area contributed by atoms with E-state index in [0.29, 0.717) is 24.3 Å². The molecule has 2 aromatic carbocycles. The standard InChI is InChI=1S/C20H20ClF2NO5S/c21-13-6-8-14(9-7-13)30(28,29)24(16-3-1-2-4-17(16)25)11-12-5-10-15(20(26)27)19(23)18(12)22/h5-10,16-17,25H,1-4,11H2,(H,26,27). The van der Waals surface area contributed by atoms with Gasteiger partial charge in [-0.1, -0.05) is 30.5 Å². The lowest BCUT2D eigenvalue weighted by molar-refractivity contribution is 0.0529. The lowest BCUT2D eigenvalue weighted by atomic mass is 9.92. The van der Waals surface area contributed by atoms with Gasteiger partial charge >= 0.3 is 5.97 Å². The molecule has 0 aromatic heterocycles. The molecule has 0 amide bonds. The summed E-state index contributed by atoms with van der Waals surface area (Å²) in [5.41, 5.74) is -1.17. The molecule has 10 heteroatoms. The number of nitrogens with zero attached hydrogens (tertiary/aromatic N) is 1. The molecule has 1 saturated carbocycles. The third-order valence-corrected chi connectivity index (χ3v) is 7.34. The second-order valence-electron chi connectivity index (χ2n) is 7.13. The Morgan fingerprint density at radius 2 is 1.70 bits per heavy atom. The van der Waals surface area contributed by atoms with Crippen molar-refractivity contribution >= 4 is 27.6 Å². The van der Waals surface area contributed by atoms with Gasteiger partial charge in [-0.05, 0) is 43.2 Å². The van der Waals surface area contributed by atoms with Crippen LogP contribution >= 0.6 is 11.6 Å². The largest absolute Gasteiger partial charge is 0.478 e. The number of aliphatic hydroxyl groups is 1. The molecule has 0 heterocycles. The predicted octanol–water partition coefficient (Wildman–Crippen LogP) is 3.81. The van der Waals surface area contributed by atoms with Gasteiger partial charge in [0.15, 0.2) is 11.6 Å². The summed E-state index contributed by atoms with van der Waals surface area (Å²) in [6, 6.07) is 6.48. The van der Waals surface area contributed by atoms with E-state index in [9.17, 15) is 27.1 Å². The van der Waals surface area contributed by atoms with Crippen molar-refractivity contribution in [2.75, 3.05) is 0 Å². The molecule has 1 aliphatic carbocycles. The van der Waals surface area contributed by atoms with Crippen LogP contribution in [0.25, 0.3) is 0 Å². The molecule has 0 bridgehead atoms. The van der Waals surface area contributed by atoms with Crippen molar-refractivity contribution in [2.24, 2.45) is 0 Å². The molecule has 6 nitrogen and oxygen atoms in total. The van der Waals surface area contributed by atoms with Crippen molar-refractivity contribution in [3.63, 3.8) is 0 Å². The molecule has 2 aromatic rings. The summed E-state index contributed by atoms with van der Waals surface area (Å²) in [4.78, 5) is 10.9. The number of rotatable bonds is 6. The fourth-order valence-electron chi connectivity index (χ4n) is 3.59. The van der Waals surface area contributed by atoms with Gasteiger partial charge in [-0.2, -0.15) is 4.31 Å². The molecule has 30 heavy (non-hydrogen) atoms. The quantitative estimate of drug-likeness (QED) is 0.685. The number of halogens is 3. The Bertz CT molecular complexity index is 1050.